The van der Waals surface area contributed by atoms with Gasteiger partial charge in [0.15, 0.2) is 0 Å². The van der Waals surface area contributed by atoms with Crippen molar-refractivity contribution in [3.8, 4) is 23.0 Å². The third-order valence-corrected chi connectivity index (χ3v) is 3.45. The average molecular weight is 335 g/mol. The van der Waals surface area contributed by atoms with Crippen LogP contribution in [0.15, 0.2) is 35.3 Å². The largest absolute Gasteiger partial charge is 0.378 e. The van der Waals surface area contributed by atoms with Gasteiger partial charge in [-0.25, -0.2) is 9.98 Å². The summed E-state index contributed by atoms with van der Waals surface area (Å²) in [5.74, 6) is 5.64. The molecule has 25 heavy (non-hydrogen) atoms. The predicted octanol–water partition coefficient (Wildman–Crippen LogP) is 2.89. The van der Waals surface area contributed by atoms with Gasteiger partial charge in [0.2, 0.25) is 6.41 Å². The van der Waals surface area contributed by atoms with Crippen LogP contribution in [0.3, 0.4) is 0 Å². The van der Waals surface area contributed by atoms with Gasteiger partial charge in [0.05, 0.1) is 12.0 Å². The highest BCUT2D eigenvalue weighted by atomic mass is 16.3. The average Bonchev–Trinajstić information content (AvgIpc) is 2.54. The number of nitrogens with one attached hydrogen (secondary N) is 1. The first-order chi connectivity index (χ1) is 11.8. The molecular weight excluding hydrogens is 314 g/mol. The second kappa shape index (κ2) is 7.73. The number of aliphatic hydroxyl groups is 1. The lowest BCUT2D eigenvalue weighted by Gasteiger charge is -2.11. The van der Waals surface area contributed by atoms with E-state index in [1.165, 1.54) is 6.34 Å². The minimum atomic E-state index is -1.06. The Morgan fingerprint density at radius 1 is 1.20 bits per heavy atom. The quantitative estimate of drug-likeness (QED) is 0.390. The molecule has 0 spiro atoms. The molecule has 5 heteroatoms. The number of carbonyl (C=O) groups excluding carboxylic acids is 1. The van der Waals surface area contributed by atoms with Gasteiger partial charge in [0.25, 0.3) is 0 Å². The number of carbonyl (C=O) groups is 1. The van der Waals surface area contributed by atoms with E-state index < -0.39 is 5.60 Å². The van der Waals surface area contributed by atoms with Crippen molar-refractivity contribution in [3.05, 3.63) is 47.3 Å². The van der Waals surface area contributed by atoms with E-state index >= 15 is 0 Å². The molecule has 128 valence electrons. The third kappa shape index (κ3) is 5.00. The number of rotatable bonds is 4. The Morgan fingerprint density at radius 3 is 2.60 bits per heavy atom. The Kier molecular flexibility index (Phi) is 5.68. The van der Waals surface area contributed by atoms with Gasteiger partial charge in [0, 0.05) is 16.8 Å². The predicted molar refractivity (Wildman–Crippen MR) is 99.7 cm³/mol. The van der Waals surface area contributed by atoms with Crippen LogP contribution in [-0.2, 0) is 4.79 Å². The Balaban J connectivity index is 2.47. The number of aromatic nitrogens is 1. The van der Waals surface area contributed by atoms with E-state index in [0.29, 0.717) is 12.1 Å². The van der Waals surface area contributed by atoms with Crippen LogP contribution in [-0.4, -0.2) is 28.4 Å². The highest BCUT2D eigenvalue weighted by molar-refractivity contribution is 5.83. The molecule has 0 unspecified atom stereocenters. The van der Waals surface area contributed by atoms with Gasteiger partial charge < -0.3 is 10.4 Å². The lowest BCUT2D eigenvalue weighted by molar-refractivity contribution is -0.108. The molecule has 1 heterocycles. The van der Waals surface area contributed by atoms with Crippen molar-refractivity contribution in [3.63, 3.8) is 0 Å². The van der Waals surface area contributed by atoms with Crippen molar-refractivity contribution >= 4 is 18.4 Å². The van der Waals surface area contributed by atoms with Gasteiger partial charge >= 0.3 is 0 Å². The monoisotopic (exact) mass is 335 g/mol. The second-order valence-electron chi connectivity index (χ2n) is 6.15. The van der Waals surface area contributed by atoms with Crippen LogP contribution < -0.4 is 5.32 Å². The standard InChI is InChI=1S/C20H21N3O2/c1-14-6-5-7-18(19(14)22-12-21-13-24)17-9-8-16(23-15(17)2)10-11-20(3,4)25/h5-9,12-13,25H,1-4H3,(H,21,22,24). The number of benzene rings is 1. The molecule has 5 nitrogen and oxygen atoms in total. The molecule has 0 aliphatic carbocycles. The van der Waals surface area contributed by atoms with Crippen molar-refractivity contribution in [2.75, 3.05) is 0 Å². The van der Waals surface area contributed by atoms with Gasteiger partial charge in [-0.05, 0) is 51.3 Å². The number of aryl methyl sites for hydroxylation is 2. The zero-order valence-corrected chi connectivity index (χ0v) is 14.8. The SMILES string of the molecule is Cc1cccc(-c2ccc(C#CC(C)(C)O)nc2C)c1N=CNC=O. The molecule has 0 fully saturated rings. The fourth-order valence-electron chi connectivity index (χ4n) is 2.31. The fraction of sp³-hybridized carbons (Fsp3) is 0.250. The van der Waals surface area contributed by atoms with Crippen LogP contribution in [0.5, 0.6) is 0 Å². The van der Waals surface area contributed by atoms with Gasteiger partial charge in [-0.3, -0.25) is 4.79 Å². The van der Waals surface area contributed by atoms with Crippen molar-refractivity contribution < 1.29 is 9.90 Å². The lowest BCUT2D eigenvalue weighted by atomic mass is 9.99. The Labute approximate surface area is 147 Å². The molecule has 2 rings (SSSR count). The zero-order valence-electron chi connectivity index (χ0n) is 14.8. The molecule has 2 aromatic rings. The molecule has 0 aliphatic rings. The Hall–Kier alpha value is -2.97. The highest BCUT2D eigenvalue weighted by Gasteiger charge is 2.11. The summed E-state index contributed by atoms with van der Waals surface area (Å²) in [5.41, 5.74) is 3.99. The summed E-state index contributed by atoms with van der Waals surface area (Å²) >= 11 is 0. The van der Waals surface area contributed by atoms with E-state index in [1.807, 2.05) is 44.2 Å². The van der Waals surface area contributed by atoms with Crippen LogP contribution in [0.25, 0.3) is 11.1 Å². The summed E-state index contributed by atoms with van der Waals surface area (Å²) in [6.45, 7) is 7.13. The number of hydrogen-bond donors (Lipinski definition) is 2. The molecular formula is C20H21N3O2. The van der Waals surface area contributed by atoms with E-state index in [2.05, 4.69) is 27.1 Å². The van der Waals surface area contributed by atoms with Crippen molar-refractivity contribution in [1.82, 2.24) is 10.3 Å². The second-order valence-corrected chi connectivity index (χ2v) is 6.15. The molecule has 0 aliphatic heterocycles. The highest BCUT2D eigenvalue weighted by Crippen LogP contribution is 2.34. The summed E-state index contributed by atoms with van der Waals surface area (Å²) in [4.78, 5) is 19.3. The maximum Gasteiger partial charge on any atom is 0.212 e. The minimum Gasteiger partial charge on any atom is -0.378 e. The molecule has 0 saturated heterocycles. The van der Waals surface area contributed by atoms with Gasteiger partial charge in [-0.1, -0.05) is 24.1 Å². The van der Waals surface area contributed by atoms with E-state index in [4.69, 9.17) is 0 Å². The molecule has 0 saturated carbocycles. The number of amides is 1. The minimum absolute atomic E-state index is 0.574. The first-order valence-electron chi connectivity index (χ1n) is 7.87. The Morgan fingerprint density at radius 2 is 1.96 bits per heavy atom. The van der Waals surface area contributed by atoms with Crippen molar-refractivity contribution in [1.29, 1.82) is 0 Å². The number of hydrogen-bond acceptors (Lipinski definition) is 4. The third-order valence-electron chi connectivity index (χ3n) is 3.45. The zero-order chi connectivity index (χ0) is 18.4. The van der Waals surface area contributed by atoms with Crippen molar-refractivity contribution in [2.45, 2.75) is 33.3 Å². The lowest BCUT2D eigenvalue weighted by Crippen LogP contribution is -2.14. The van der Waals surface area contributed by atoms with Crippen molar-refractivity contribution in [2.24, 2.45) is 4.99 Å². The molecule has 1 aromatic carbocycles. The van der Waals surface area contributed by atoms with Gasteiger partial charge in [-0.15, -0.1) is 0 Å². The molecule has 0 bridgehead atoms. The van der Waals surface area contributed by atoms with Crippen LogP contribution in [0.2, 0.25) is 0 Å². The molecule has 0 radical (unpaired) electrons. The smallest absolute Gasteiger partial charge is 0.212 e. The molecule has 0 atom stereocenters. The summed E-state index contributed by atoms with van der Waals surface area (Å²) in [6.07, 6.45) is 1.94. The van der Waals surface area contributed by atoms with Crippen LogP contribution in [0.1, 0.15) is 30.8 Å². The summed E-state index contributed by atoms with van der Waals surface area (Å²) < 4.78 is 0. The van der Waals surface area contributed by atoms with E-state index in [9.17, 15) is 9.90 Å². The fourth-order valence-corrected chi connectivity index (χ4v) is 2.31. The summed E-state index contributed by atoms with van der Waals surface area (Å²) in [7, 11) is 0. The number of para-hydroxylation sites is 1. The first kappa shape index (κ1) is 18.4. The molecule has 2 N–H and O–H groups in total. The van der Waals surface area contributed by atoms with E-state index in [1.54, 1.807) is 13.8 Å². The maximum absolute atomic E-state index is 10.4. The summed E-state index contributed by atoms with van der Waals surface area (Å²) in [5, 5.41) is 12.1. The number of nitrogens with zero attached hydrogens (tertiary/aromatic N) is 2. The van der Waals surface area contributed by atoms with Crippen LogP contribution in [0, 0.1) is 25.7 Å². The maximum atomic E-state index is 10.4. The topological polar surface area (TPSA) is 74.6 Å². The number of aliphatic imine (C=N–C) groups is 1. The first-order valence-corrected chi connectivity index (χ1v) is 7.87. The van der Waals surface area contributed by atoms with Gasteiger partial charge in [0.1, 0.15) is 11.3 Å². The van der Waals surface area contributed by atoms with Gasteiger partial charge in [-0.2, -0.15) is 0 Å². The number of pyridine rings is 1. The van der Waals surface area contributed by atoms with Crippen LogP contribution in [0.4, 0.5) is 5.69 Å². The normalized spacial score (nSPS) is 11.1. The van der Waals surface area contributed by atoms with E-state index in [0.717, 1.165) is 28.1 Å². The molecule has 1 aromatic heterocycles. The summed E-state index contributed by atoms with van der Waals surface area (Å²) in [6, 6.07) is 9.65. The molecule has 1 amide bonds. The van der Waals surface area contributed by atoms with Crippen LogP contribution >= 0.6 is 0 Å². The Bertz CT molecular complexity index is 869. The van der Waals surface area contributed by atoms with E-state index in [-0.39, 0.29) is 0 Å².